The Bertz CT molecular complexity index is 1210. The standard InChI is InChI=1S/C26H23N3O4/c1-17(30)28-20-8-10-21(11-9-20)29-24(19-13-15-27-16-14-19)23(25(32)26(29)33)22(31)12-7-18-5-3-2-4-6-18/h2-6,8-11,13-16,24,32H,7,12H2,1H3,(H,28,30). The summed E-state index contributed by atoms with van der Waals surface area (Å²) in [6, 6.07) is 18.9. The number of Topliss-reactive ketones (excluding diaryl/α,β-unsaturated/α-hetero) is 1. The fourth-order valence-corrected chi connectivity index (χ4v) is 3.96. The van der Waals surface area contributed by atoms with Crippen molar-refractivity contribution in [1.82, 2.24) is 4.98 Å². The molecule has 2 N–H and O–H groups in total. The van der Waals surface area contributed by atoms with E-state index in [2.05, 4.69) is 10.3 Å². The second-order valence-corrected chi connectivity index (χ2v) is 7.76. The molecule has 4 rings (SSSR count). The molecule has 0 spiro atoms. The molecule has 7 heteroatoms. The van der Waals surface area contributed by atoms with Crippen molar-refractivity contribution < 1.29 is 19.5 Å². The van der Waals surface area contributed by atoms with Crippen molar-refractivity contribution in [3.63, 3.8) is 0 Å². The van der Waals surface area contributed by atoms with Crippen LogP contribution in [-0.2, 0) is 20.8 Å². The van der Waals surface area contributed by atoms with Gasteiger partial charge in [-0.2, -0.15) is 0 Å². The average Bonchev–Trinajstić information content (AvgIpc) is 3.09. The van der Waals surface area contributed by atoms with Crippen molar-refractivity contribution in [2.75, 3.05) is 10.2 Å². The van der Waals surface area contributed by atoms with Crippen molar-refractivity contribution in [3.05, 3.63) is 102 Å². The van der Waals surface area contributed by atoms with Gasteiger partial charge in [0, 0.05) is 37.1 Å². The number of benzene rings is 2. The van der Waals surface area contributed by atoms with E-state index < -0.39 is 17.7 Å². The molecule has 7 nitrogen and oxygen atoms in total. The Morgan fingerprint density at radius 3 is 2.30 bits per heavy atom. The van der Waals surface area contributed by atoms with Crippen molar-refractivity contribution >= 4 is 29.0 Å². The lowest BCUT2D eigenvalue weighted by Gasteiger charge is -2.27. The maximum atomic E-state index is 13.3. The highest BCUT2D eigenvalue weighted by Crippen LogP contribution is 2.41. The Morgan fingerprint density at radius 1 is 1.00 bits per heavy atom. The maximum absolute atomic E-state index is 13.3. The Hall–Kier alpha value is -4.26. The van der Waals surface area contributed by atoms with E-state index >= 15 is 0 Å². The number of pyridine rings is 1. The summed E-state index contributed by atoms with van der Waals surface area (Å²) < 4.78 is 0. The maximum Gasteiger partial charge on any atom is 0.294 e. The lowest BCUT2D eigenvalue weighted by atomic mass is 9.93. The first-order valence-electron chi connectivity index (χ1n) is 10.6. The van der Waals surface area contributed by atoms with Crippen molar-refractivity contribution in [2.45, 2.75) is 25.8 Å². The second-order valence-electron chi connectivity index (χ2n) is 7.76. The van der Waals surface area contributed by atoms with E-state index in [1.807, 2.05) is 30.3 Å². The Labute approximate surface area is 191 Å². The molecule has 2 amide bonds. The molecule has 0 saturated carbocycles. The number of ketones is 1. The molecule has 1 aromatic heterocycles. The van der Waals surface area contributed by atoms with Gasteiger partial charge in [-0.15, -0.1) is 0 Å². The Balaban J connectivity index is 1.67. The SMILES string of the molecule is CC(=O)Nc1ccc(N2C(=O)C(O)=C(C(=O)CCc3ccccc3)C2c2ccncc2)cc1. The Kier molecular flexibility index (Phi) is 6.31. The fraction of sp³-hybridized carbons (Fsp3) is 0.154. The summed E-state index contributed by atoms with van der Waals surface area (Å²) in [6.07, 6.45) is 3.82. The van der Waals surface area contributed by atoms with Crippen molar-refractivity contribution in [2.24, 2.45) is 0 Å². The monoisotopic (exact) mass is 441 g/mol. The molecule has 0 saturated heterocycles. The number of rotatable bonds is 7. The second kappa shape index (κ2) is 9.48. The lowest BCUT2D eigenvalue weighted by Crippen LogP contribution is -2.31. The van der Waals surface area contributed by atoms with E-state index in [1.165, 1.54) is 11.8 Å². The molecule has 1 atom stereocenters. The minimum atomic E-state index is -0.782. The molecule has 0 fully saturated rings. The molecule has 1 aliphatic rings. The molecule has 0 radical (unpaired) electrons. The molecule has 0 aliphatic carbocycles. The van der Waals surface area contributed by atoms with Gasteiger partial charge in [0.05, 0.1) is 11.6 Å². The van der Waals surface area contributed by atoms with Gasteiger partial charge in [-0.05, 0) is 53.9 Å². The first-order chi connectivity index (χ1) is 16.0. The predicted octanol–water partition coefficient (Wildman–Crippen LogP) is 4.14. The van der Waals surface area contributed by atoms with Gasteiger partial charge in [0.25, 0.3) is 5.91 Å². The zero-order chi connectivity index (χ0) is 23.4. The fourth-order valence-electron chi connectivity index (χ4n) is 3.96. The van der Waals surface area contributed by atoms with Crippen LogP contribution in [0.1, 0.15) is 30.5 Å². The van der Waals surface area contributed by atoms with Gasteiger partial charge in [-0.25, -0.2) is 0 Å². The summed E-state index contributed by atoms with van der Waals surface area (Å²) in [5, 5.41) is 13.4. The molecule has 3 aromatic rings. The van der Waals surface area contributed by atoms with Crippen LogP contribution in [0.25, 0.3) is 0 Å². The van der Waals surface area contributed by atoms with E-state index in [9.17, 15) is 19.5 Å². The van der Waals surface area contributed by atoms with Crippen molar-refractivity contribution in [3.8, 4) is 0 Å². The number of hydrogen-bond donors (Lipinski definition) is 2. The molecule has 0 bridgehead atoms. The van der Waals surface area contributed by atoms with E-state index in [1.54, 1.807) is 48.8 Å². The van der Waals surface area contributed by atoms with Crippen molar-refractivity contribution in [1.29, 1.82) is 0 Å². The number of carbonyl (C=O) groups excluding carboxylic acids is 3. The first-order valence-corrected chi connectivity index (χ1v) is 10.6. The zero-order valence-corrected chi connectivity index (χ0v) is 18.1. The molecular formula is C26H23N3O4. The van der Waals surface area contributed by atoms with Gasteiger partial charge in [0.1, 0.15) is 0 Å². The number of amides is 2. The predicted molar refractivity (Wildman–Crippen MR) is 125 cm³/mol. The van der Waals surface area contributed by atoms with E-state index in [0.717, 1.165) is 5.56 Å². The summed E-state index contributed by atoms with van der Waals surface area (Å²) in [5.74, 6) is -1.68. The van der Waals surface area contributed by atoms with Crippen LogP contribution in [0.4, 0.5) is 11.4 Å². The van der Waals surface area contributed by atoms with Crippen LogP contribution in [0.2, 0.25) is 0 Å². The number of aliphatic hydroxyl groups is 1. The molecule has 166 valence electrons. The highest BCUT2D eigenvalue weighted by atomic mass is 16.3. The smallest absolute Gasteiger partial charge is 0.294 e. The van der Waals surface area contributed by atoms with Crippen LogP contribution in [-0.4, -0.2) is 27.7 Å². The highest BCUT2D eigenvalue weighted by Gasteiger charge is 2.44. The third-order valence-electron chi connectivity index (χ3n) is 5.48. The number of aromatic nitrogens is 1. The topological polar surface area (TPSA) is 99.6 Å². The largest absolute Gasteiger partial charge is 0.503 e. The van der Waals surface area contributed by atoms with Gasteiger partial charge in [0.2, 0.25) is 5.91 Å². The minimum absolute atomic E-state index is 0.0769. The van der Waals surface area contributed by atoms with Crippen LogP contribution < -0.4 is 10.2 Å². The number of carbonyl (C=O) groups is 3. The number of aryl methyl sites for hydroxylation is 1. The summed E-state index contributed by atoms with van der Waals surface area (Å²) in [5.41, 5.74) is 2.81. The van der Waals surface area contributed by atoms with Gasteiger partial charge in [0.15, 0.2) is 11.5 Å². The summed E-state index contributed by atoms with van der Waals surface area (Å²) in [6.45, 7) is 1.41. The summed E-state index contributed by atoms with van der Waals surface area (Å²) in [7, 11) is 0. The number of nitrogens with one attached hydrogen (secondary N) is 1. The number of aliphatic hydroxyl groups excluding tert-OH is 1. The summed E-state index contributed by atoms with van der Waals surface area (Å²) >= 11 is 0. The highest BCUT2D eigenvalue weighted by molar-refractivity contribution is 6.16. The average molecular weight is 441 g/mol. The molecule has 2 aromatic carbocycles. The van der Waals surface area contributed by atoms with Gasteiger partial charge in [-0.1, -0.05) is 30.3 Å². The third kappa shape index (κ3) is 4.67. The van der Waals surface area contributed by atoms with Crippen LogP contribution in [0.5, 0.6) is 0 Å². The van der Waals surface area contributed by atoms with Gasteiger partial charge >= 0.3 is 0 Å². The molecule has 1 aliphatic heterocycles. The van der Waals surface area contributed by atoms with E-state index in [0.29, 0.717) is 23.4 Å². The van der Waals surface area contributed by atoms with Crippen LogP contribution in [0.15, 0.2) is 90.5 Å². The van der Waals surface area contributed by atoms with E-state index in [-0.39, 0.29) is 23.7 Å². The quantitative estimate of drug-likeness (QED) is 0.574. The molecule has 33 heavy (non-hydrogen) atoms. The molecule has 2 heterocycles. The summed E-state index contributed by atoms with van der Waals surface area (Å²) in [4.78, 5) is 43.1. The zero-order valence-electron chi connectivity index (χ0n) is 18.1. The first kappa shape index (κ1) is 22.0. The van der Waals surface area contributed by atoms with Gasteiger partial charge in [-0.3, -0.25) is 24.3 Å². The van der Waals surface area contributed by atoms with Crippen LogP contribution in [0.3, 0.4) is 0 Å². The third-order valence-corrected chi connectivity index (χ3v) is 5.48. The lowest BCUT2D eigenvalue weighted by molar-refractivity contribution is -0.118. The van der Waals surface area contributed by atoms with Crippen LogP contribution >= 0.6 is 0 Å². The number of nitrogens with zero attached hydrogens (tertiary/aromatic N) is 2. The normalized spacial score (nSPS) is 15.6. The van der Waals surface area contributed by atoms with E-state index in [4.69, 9.17) is 0 Å². The number of anilines is 2. The Morgan fingerprint density at radius 2 is 1.67 bits per heavy atom. The minimum Gasteiger partial charge on any atom is -0.503 e. The van der Waals surface area contributed by atoms with Gasteiger partial charge < -0.3 is 10.4 Å². The molecule has 1 unspecified atom stereocenters. The van der Waals surface area contributed by atoms with Crippen LogP contribution in [0, 0.1) is 0 Å². The molecular weight excluding hydrogens is 418 g/mol. The number of hydrogen-bond acceptors (Lipinski definition) is 5.